The van der Waals surface area contributed by atoms with Crippen molar-refractivity contribution in [2.24, 2.45) is 0 Å². The van der Waals surface area contributed by atoms with Crippen molar-refractivity contribution in [2.75, 3.05) is 36.0 Å². The van der Waals surface area contributed by atoms with Crippen LogP contribution in [0.15, 0.2) is 18.3 Å². The first-order valence-electron chi connectivity index (χ1n) is 8.56. The summed E-state index contributed by atoms with van der Waals surface area (Å²) in [5.74, 6) is 1.95. The van der Waals surface area contributed by atoms with Crippen molar-refractivity contribution in [2.45, 2.75) is 25.7 Å². The molecule has 1 saturated heterocycles. The van der Waals surface area contributed by atoms with E-state index in [0.29, 0.717) is 55.0 Å². The number of aryl methyl sites for hydroxylation is 1. The average Bonchev–Trinajstić information content (AvgIpc) is 3.49. The van der Waals surface area contributed by atoms with E-state index in [2.05, 4.69) is 25.9 Å². The standard InChI is InChI=1S/C18H19FN6/c1-12-15(19)18(23-16(22-12)13-4-5-13)25-9-7-24(8-10-25)17-14(11-20)3-2-6-21-17/h2-3,6,13H,4-5,7-10H2,1H3. The predicted octanol–water partition coefficient (Wildman–Crippen LogP) is 2.39. The third-order valence-electron chi connectivity index (χ3n) is 4.75. The fourth-order valence-electron chi connectivity index (χ4n) is 3.17. The van der Waals surface area contributed by atoms with E-state index >= 15 is 0 Å². The summed E-state index contributed by atoms with van der Waals surface area (Å²) in [6, 6.07) is 5.71. The lowest BCUT2D eigenvalue weighted by atomic mass is 10.2. The van der Waals surface area contributed by atoms with Crippen LogP contribution in [0.4, 0.5) is 16.0 Å². The zero-order valence-electron chi connectivity index (χ0n) is 14.1. The van der Waals surface area contributed by atoms with Crippen LogP contribution < -0.4 is 9.80 Å². The van der Waals surface area contributed by atoms with Crippen LogP contribution in [0.5, 0.6) is 0 Å². The molecule has 1 saturated carbocycles. The van der Waals surface area contributed by atoms with E-state index in [0.717, 1.165) is 18.7 Å². The molecule has 128 valence electrons. The Bertz CT molecular complexity index is 834. The Morgan fingerprint density at radius 1 is 1.12 bits per heavy atom. The molecule has 0 spiro atoms. The maximum atomic E-state index is 14.6. The van der Waals surface area contributed by atoms with Gasteiger partial charge in [0.25, 0.3) is 0 Å². The summed E-state index contributed by atoms with van der Waals surface area (Å²) < 4.78 is 14.6. The number of rotatable bonds is 3. The molecule has 0 atom stereocenters. The highest BCUT2D eigenvalue weighted by molar-refractivity contribution is 5.55. The smallest absolute Gasteiger partial charge is 0.186 e. The van der Waals surface area contributed by atoms with Gasteiger partial charge in [-0.15, -0.1) is 0 Å². The zero-order chi connectivity index (χ0) is 17.4. The first kappa shape index (κ1) is 15.8. The van der Waals surface area contributed by atoms with Gasteiger partial charge in [-0.3, -0.25) is 0 Å². The van der Waals surface area contributed by atoms with Crippen LogP contribution in [0.2, 0.25) is 0 Å². The Morgan fingerprint density at radius 2 is 1.80 bits per heavy atom. The number of piperazine rings is 1. The Labute approximate surface area is 145 Å². The maximum Gasteiger partial charge on any atom is 0.186 e. The van der Waals surface area contributed by atoms with Crippen LogP contribution in [0.25, 0.3) is 0 Å². The van der Waals surface area contributed by atoms with E-state index in [-0.39, 0.29) is 5.82 Å². The molecule has 6 nitrogen and oxygen atoms in total. The summed E-state index contributed by atoms with van der Waals surface area (Å²) in [6.07, 6.45) is 3.88. The first-order valence-corrected chi connectivity index (χ1v) is 8.56. The molecule has 3 heterocycles. The zero-order valence-corrected chi connectivity index (χ0v) is 14.1. The SMILES string of the molecule is Cc1nc(C2CC2)nc(N2CCN(c3ncccc3C#N)CC2)c1F. The second-order valence-electron chi connectivity index (χ2n) is 6.54. The lowest BCUT2D eigenvalue weighted by molar-refractivity contribution is 0.568. The lowest BCUT2D eigenvalue weighted by Gasteiger charge is -2.36. The van der Waals surface area contributed by atoms with E-state index in [9.17, 15) is 9.65 Å². The number of pyridine rings is 1. The second kappa shape index (κ2) is 6.28. The Morgan fingerprint density at radius 3 is 2.44 bits per heavy atom. The van der Waals surface area contributed by atoms with Gasteiger partial charge in [0.15, 0.2) is 11.6 Å². The van der Waals surface area contributed by atoms with Gasteiger partial charge in [0, 0.05) is 38.3 Å². The highest BCUT2D eigenvalue weighted by Gasteiger charge is 2.30. The molecule has 2 aliphatic rings. The molecule has 1 aliphatic heterocycles. The van der Waals surface area contributed by atoms with E-state index in [1.165, 1.54) is 0 Å². The van der Waals surface area contributed by atoms with Gasteiger partial charge in [-0.2, -0.15) is 5.26 Å². The van der Waals surface area contributed by atoms with Gasteiger partial charge in [-0.25, -0.2) is 19.3 Å². The Kier molecular flexibility index (Phi) is 3.96. The molecule has 4 rings (SSSR count). The lowest BCUT2D eigenvalue weighted by Crippen LogP contribution is -2.47. The van der Waals surface area contributed by atoms with Gasteiger partial charge in [0.1, 0.15) is 17.7 Å². The quantitative estimate of drug-likeness (QED) is 0.856. The van der Waals surface area contributed by atoms with Crippen molar-refractivity contribution in [3.63, 3.8) is 0 Å². The molecule has 0 aromatic carbocycles. The fourth-order valence-corrected chi connectivity index (χ4v) is 3.17. The molecule has 2 aromatic heterocycles. The molecule has 0 N–H and O–H groups in total. The van der Waals surface area contributed by atoms with Crippen LogP contribution >= 0.6 is 0 Å². The van der Waals surface area contributed by atoms with Gasteiger partial charge in [-0.05, 0) is 31.9 Å². The number of nitrogens with zero attached hydrogens (tertiary/aromatic N) is 6. The molecule has 2 fully saturated rings. The predicted molar refractivity (Wildman–Crippen MR) is 92.1 cm³/mol. The Hall–Kier alpha value is -2.75. The minimum absolute atomic E-state index is 0.326. The van der Waals surface area contributed by atoms with Crippen molar-refractivity contribution in [1.29, 1.82) is 5.26 Å². The maximum absolute atomic E-state index is 14.6. The number of aromatic nitrogens is 3. The second-order valence-corrected chi connectivity index (χ2v) is 6.54. The first-order chi connectivity index (χ1) is 12.2. The number of hydrogen-bond acceptors (Lipinski definition) is 6. The van der Waals surface area contributed by atoms with Crippen LogP contribution in [0.3, 0.4) is 0 Å². The molecule has 1 aliphatic carbocycles. The van der Waals surface area contributed by atoms with E-state index in [1.54, 1.807) is 25.3 Å². The summed E-state index contributed by atoms with van der Waals surface area (Å²) in [7, 11) is 0. The summed E-state index contributed by atoms with van der Waals surface area (Å²) >= 11 is 0. The summed E-state index contributed by atoms with van der Waals surface area (Å²) in [6.45, 7) is 4.33. The normalized spacial score (nSPS) is 17.5. The number of hydrogen-bond donors (Lipinski definition) is 0. The van der Waals surface area contributed by atoms with Crippen LogP contribution in [0.1, 0.15) is 35.8 Å². The van der Waals surface area contributed by atoms with Crippen molar-refractivity contribution >= 4 is 11.6 Å². The largest absolute Gasteiger partial charge is 0.352 e. The fraction of sp³-hybridized carbons (Fsp3) is 0.444. The Balaban J connectivity index is 1.53. The number of nitriles is 1. The highest BCUT2D eigenvalue weighted by atomic mass is 19.1. The van der Waals surface area contributed by atoms with Crippen LogP contribution in [0, 0.1) is 24.1 Å². The summed E-state index contributed by atoms with van der Waals surface area (Å²) in [4.78, 5) is 17.2. The van der Waals surface area contributed by atoms with Crippen LogP contribution in [-0.2, 0) is 0 Å². The molecule has 2 aromatic rings. The molecule has 25 heavy (non-hydrogen) atoms. The molecular formula is C18H19FN6. The van der Waals surface area contributed by atoms with E-state index in [4.69, 9.17) is 0 Å². The molecule has 0 radical (unpaired) electrons. The third-order valence-corrected chi connectivity index (χ3v) is 4.75. The molecule has 0 amide bonds. The van der Waals surface area contributed by atoms with Crippen molar-refractivity contribution < 1.29 is 4.39 Å². The number of anilines is 2. The average molecular weight is 338 g/mol. The van der Waals surface area contributed by atoms with E-state index in [1.807, 2.05) is 4.90 Å². The van der Waals surface area contributed by atoms with Gasteiger partial charge in [-0.1, -0.05) is 0 Å². The van der Waals surface area contributed by atoms with Gasteiger partial charge < -0.3 is 9.80 Å². The van der Waals surface area contributed by atoms with Crippen LogP contribution in [-0.4, -0.2) is 41.1 Å². The topological polar surface area (TPSA) is 68.9 Å². The van der Waals surface area contributed by atoms with Crippen molar-refractivity contribution in [1.82, 2.24) is 15.0 Å². The highest BCUT2D eigenvalue weighted by Crippen LogP contribution is 2.39. The summed E-state index contributed by atoms with van der Waals surface area (Å²) in [5, 5.41) is 9.24. The molecule has 0 unspecified atom stereocenters. The monoisotopic (exact) mass is 338 g/mol. The van der Waals surface area contributed by atoms with Crippen molar-refractivity contribution in [3.05, 3.63) is 41.2 Å². The van der Waals surface area contributed by atoms with Gasteiger partial charge in [0.05, 0.1) is 11.3 Å². The summed E-state index contributed by atoms with van der Waals surface area (Å²) in [5.41, 5.74) is 0.988. The van der Waals surface area contributed by atoms with E-state index < -0.39 is 0 Å². The molecule has 0 bridgehead atoms. The van der Waals surface area contributed by atoms with Crippen molar-refractivity contribution in [3.8, 4) is 6.07 Å². The van der Waals surface area contributed by atoms with Gasteiger partial charge >= 0.3 is 0 Å². The third kappa shape index (κ3) is 3.00. The minimum Gasteiger partial charge on any atom is -0.352 e. The molecular weight excluding hydrogens is 319 g/mol. The number of halogens is 1. The minimum atomic E-state index is -0.326. The van der Waals surface area contributed by atoms with Gasteiger partial charge in [0.2, 0.25) is 0 Å². The molecule has 7 heteroatoms.